The predicted octanol–water partition coefficient (Wildman–Crippen LogP) is 4.14. The zero-order valence-corrected chi connectivity index (χ0v) is 10.7. The molecule has 20 heavy (non-hydrogen) atoms. The van der Waals surface area contributed by atoms with Gasteiger partial charge in [-0.05, 0) is 18.7 Å². The molecule has 1 unspecified atom stereocenters. The van der Waals surface area contributed by atoms with Gasteiger partial charge >= 0.3 is 6.18 Å². The van der Waals surface area contributed by atoms with E-state index in [0.29, 0.717) is 12.1 Å². The number of alkyl halides is 3. The van der Waals surface area contributed by atoms with Gasteiger partial charge in [0.25, 0.3) is 0 Å². The first kappa shape index (κ1) is 14.6. The van der Waals surface area contributed by atoms with Crippen LogP contribution in [0, 0.1) is 5.82 Å². The maximum Gasteiger partial charge on any atom is 0.419 e. The Kier molecular flexibility index (Phi) is 4.13. The van der Waals surface area contributed by atoms with Crippen molar-refractivity contribution in [3.63, 3.8) is 0 Å². The number of halogens is 4. The lowest BCUT2D eigenvalue weighted by atomic mass is 9.98. The van der Waals surface area contributed by atoms with Crippen LogP contribution in [-0.4, -0.2) is 6.54 Å². The second-order valence-electron chi connectivity index (χ2n) is 4.25. The summed E-state index contributed by atoms with van der Waals surface area (Å²) in [6.45, 7) is 2.27. The van der Waals surface area contributed by atoms with Gasteiger partial charge in [0.1, 0.15) is 5.82 Å². The van der Waals surface area contributed by atoms with E-state index in [2.05, 4.69) is 5.32 Å². The van der Waals surface area contributed by atoms with Crippen LogP contribution in [0.25, 0.3) is 0 Å². The molecule has 2 rings (SSSR count). The number of nitrogens with one attached hydrogen (secondary N) is 1. The van der Waals surface area contributed by atoms with Crippen molar-refractivity contribution in [2.75, 3.05) is 6.54 Å². The maximum absolute atomic E-state index is 14.1. The third-order valence-corrected chi connectivity index (χ3v) is 2.93. The minimum atomic E-state index is -4.72. The molecule has 0 saturated carbocycles. The first-order valence-electron chi connectivity index (χ1n) is 6.06. The van der Waals surface area contributed by atoms with Crippen molar-refractivity contribution in [2.24, 2.45) is 0 Å². The monoisotopic (exact) mass is 287 g/mol. The van der Waals surface area contributed by atoms with Crippen LogP contribution < -0.4 is 5.32 Å². The van der Waals surface area contributed by atoms with Crippen molar-refractivity contribution in [1.82, 2.24) is 5.32 Å². The number of hydrogen-bond donors (Lipinski definition) is 1. The van der Waals surface area contributed by atoms with Gasteiger partial charge < -0.3 is 9.73 Å². The Labute approximate surface area is 113 Å². The third-order valence-electron chi connectivity index (χ3n) is 2.93. The normalized spacial score (nSPS) is 13.4. The van der Waals surface area contributed by atoms with Crippen molar-refractivity contribution in [1.29, 1.82) is 0 Å². The summed E-state index contributed by atoms with van der Waals surface area (Å²) in [7, 11) is 0. The molecule has 1 N–H and O–H groups in total. The van der Waals surface area contributed by atoms with Crippen LogP contribution in [0.4, 0.5) is 17.6 Å². The third kappa shape index (κ3) is 2.85. The highest BCUT2D eigenvalue weighted by atomic mass is 19.4. The number of furan rings is 1. The van der Waals surface area contributed by atoms with Gasteiger partial charge in [-0.15, -0.1) is 0 Å². The lowest BCUT2D eigenvalue weighted by Crippen LogP contribution is -2.23. The summed E-state index contributed by atoms with van der Waals surface area (Å²) >= 11 is 0. The van der Waals surface area contributed by atoms with Crippen molar-refractivity contribution in [3.05, 3.63) is 59.3 Å². The first-order valence-corrected chi connectivity index (χ1v) is 6.06. The van der Waals surface area contributed by atoms with Gasteiger partial charge in [0.05, 0.1) is 24.1 Å². The minimum absolute atomic E-state index is 0.0527. The highest BCUT2D eigenvalue weighted by molar-refractivity contribution is 5.35. The summed E-state index contributed by atoms with van der Waals surface area (Å²) < 4.78 is 57.3. The van der Waals surface area contributed by atoms with Gasteiger partial charge in [-0.25, -0.2) is 4.39 Å². The van der Waals surface area contributed by atoms with Crippen LogP contribution in [-0.2, 0) is 6.18 Å². The molecule has 0 bridgehead atoms. The molecule has 0 aliphatic heterocycles. The highest BCUT2D eigenvalue weighted by Gasteiger charge is 2.35. The average molecular weight is 287 g/mol. The zero-order valence-electron chi connectivity index (χ0n) is 10.7. The van der Waals surface area contributed by atoms with Gasteiger partial charge in [-0.1, -0.05) is 19.1 Å². The Morgan fingerprint density at radius 1 is 1.25 bits per heavy atom. The van der Waals surface area contributed by atoms with Crippen LogP contribution >= 0.6 is 0 Å². The van der Waals surface area contributed by atoms with Crippen molar-refractivity contribution in [2.45, 2.75) is 19.1 Å². The minimum Gasteiger partial charge on any atom is -0.472 e. The Hall–Kier alpha value is -1.82. The lowest BCUT2D eigenvalue weighted by Gasteiger charge is -2.19. The van der Waals surface area contributed by atoms with E-state index in [1.54, 1.807) is 13.0 Å². The Morgan fingerprint density at radius 3 is 2.55 bits per heavy atom. The van der Waals surface area contributed by atoms with Crippen molar-refractivity contribution in [3.8, 4) is 0 Å². The topological polar surface area (TPSA) is 25.2 Å². The van der Waals surface area contributed by atoms with Crippen LogP contribution in [0.15, 0.2) is 41.2 Å². The van der Waals surface area contributed by atoms with E-state index >= 15 is 0 Å². The molecule has 108 valence electrons. The molecule has 1 atom stereocenters. The van der Waals surface area contributed by atoms with E-state index in [0.717, 1.165) is 6.07 Å². The fourth-order valence-corrected chi connectivity index (χ4v) is 2.04. The molecule has 2 nitrogen and oxygen atoms in total. The molecule has 0 fully saturated rings. The SMILES string of the molecule is CCNC(c1ccoc1)c1cccc(C(F)(F)F)c1F. The highest BCUT2D eigenvalue weighted by Crippen LogP contribution is 2.35. The first-order chi connectivity index (χ1) is 9.45. The molecule has 0 aliphatic carbocycles. The fraction of sp³-hybridized carbons (Fsp3) is 0.286. The van der Waals surface area contributed by atoms with Crippen LogP contribution in [0.1, 0.15) is 29.7 Å². The molecule has 2 aromatic rings. The molecular weight excluding hydrogens is 274 g/mol. The van der Waals surface area contributed by atoms with E-state index in [9.17, 15) is 17.6 Å². The number of benzene rings is 1. The van der Waals surface area contributed by atoms with Gasteiger partial charge in [-0.2, -0.15) is 13.2 Å². The van der Waals surface area contributed by atoms with Crippen LogP contribution in [0.5, 0.6) is 0 Å². The van der Waals surface area contributed by atoms with E-state index in [1.807, 2.05) is 0 Å². The quantitative estimate of drug-likeness (QED) is 0.855. The second kappa shape index (κ2) is 5.66. The number of hydrogen-bond acceptors (Lipinski definition) is 2. The smallest absolute Gasteiger partial charge is 0.419 e. The molecule has 0 radical (unpaired) electrons. The molecule has 0 aliphatic rings. The molecular formula is C14H13F4NO. The molecule has 1 aromatic carbocycles. The van der Waals surface area contributed by atoms with Gasteiger partial charge in [-0.3, -0.25) is 0 Å². The van der Waals surface area contributed by atoms with Gasteiger partial charge in [0, 0.05) is 11.1 Å². The van der Waals surface area contributed by atoms with Crippen molar-refractivity contribution >= 4 is 0 Å². The summed E-state index contributed by atoms with van der Waals surface area (Å²) in [5, 5.41) is 2.95. The maximum atomic E-state index is 14.1. The van der Waals surface area contributed by atoms with Crippen molar-refractivity contribution < 1.29 is 22.0 Å². The largest absolute Gasteiger partial charge is 0.472 e. The molecule has 0 saturated heterocycles. The summed E-state index contributed by atoms with van der Waals surface area (Å²) in [5.41, 5.74) is -0.741. The summed E-state index contributed by atoms with van der Waals surface area (Å²) in [6.07, 6.45) is -1.94. The number of rotatable bonds is 4. The average Bonchev–Trinajstić information content (AvgIpc) is 2.89. The van der Waals surface area contributed by atoms with Crippen LogP contribution in [0.3, 0.4) is 0 Å². The Bertz CT molecular complexity index is 563. The molecule has 0 amide bonds. The summed E-state index contributed by atoms with van der Waals surface area (Å²) in [6, 6.07) is 4.18. The standard InChI is InChI=1S/C14H13F4NO/c1-2-19-13(9-6-7-20-8-9)10-4-3-5-11(12(10)15)14(16,17)18/h3-8,13,19H,2H2,1H3. The lowest BCUT2D eigenvalue weighted by molar-refractivity contribution is -0.140. The Balaban J connectivity index is 2.50. The zero-order chi connectivity index (χ0) is 14.8. The molecule has 6 heteroatoms. The second-order valence-corrected chi connectivity index (χ2v) is 4.25. The summed E-state index contributed by atoms with van der Waals surface area (Å²) in [5.74, 6) is -1.26. The molecule has 1 aromatic heterocycles. The Morgan fingerprint density at radius 2 is 2.00 bits per heavy atom. The van der Waals surface area contributed by atoms with E-state index < -0.39 is 23.6 Å². The molecule has 1 heterocycles. The van der Waals surface area contributed by atoms with Gasteiger partial charge in [0.2, 0.25) is 0 Å². The van der Waals surface area contributed by atoms with E-state index in [1.165, 1.54) is 24.7 Å². The fourth-order valence-electron chi connectivity index (χ4n) is 2.04. The molecule has 0 spiro atoms. The van der Waals surface area contributed by atoms with E-state index in [4.69, 9.17) is 4.42 Å². The predicted molar refractivity (Wildman–Crippen MR) is 65.6 cm³/mol. The van der Waals surface area contributed by atoms with Gasteiger partial charge in [0.15, 0.2) is 0 Å². The van der Waals surface area contributed by atoms with Crippen LogP contribution in [0.2, 0.25) is 0 Å². The summed E-state index contributed by atoms with van der Waals surface area (Å²) in [4.78, 5) is 0. The van der Waals surface area contributed by atoms with E-state index in [-0.39, 0.29) is 5.56 Å².